The highest BCUT2D eigenvalue weighted by molar-refractivity contribution is 5.14. The van der Waals surface area contributed by atoms with Crippen molar-refractivity contribution in [3.05, 3.63) is 0 Å². The molecule has 0 aliphatic carbocycles. The Labute approximate surface area is 91.7 Å². The molecule has 0 spiro atoms. The van der Waals surface area contributed by atoms with Gasteiger partial charge in [0.1, 0.15) is 0 Å². The minimum absolute atomic E-state index is 0.302. The van der Waals surface area contributed by atoms with E-state index >= 15 is 0 Å². The molecule has 3 heteroatoms. The molecule has 1 N–H and O–H groups in total. The molecule has 3 nitrogen and oxygen atoms in total. The molecule has 4 unspecified atom stereocenters. The third-order valence-corrected chi connectivity index (χ3v) is 4.67. The molecule has 2 aliphatic heterocycles. The highest BCUT2D eigenvalue weighted by Gasteiger charge is 2.55. The predicted octanol–water partition coefficient (Wildman–Crippen LogP) is 1.38. The maximum atomic E-state index is 10.8. The van der Waals surface area contributed by atoms with Crippen LogP contribution in [0.2, 0.25) is 0 Å². The lowest BCUT2D eigenvalue weighted by Gasteiger charge is -2.47. The Kier molecular flexibility index (Phi) is 2.52. The Morgan fingerprint density at radius 3 is 2.93 bits per heavy atom. The molecule has 84 valence electrons. The first-order chi connectivity index (χ1) is 7.05. The van der Waals surface area contributed by atoms with E-state index in [9.17, 15) is 10.4 Å². The molecule has 0 saturated carbocycles. The summed E-state index contributed by atoms with van der Waals surface area (Å²) in [5.74, 6) is 0.302. The molecule has 0 aromatic carbocycles. The van der Waals surface area contributed by atoms with Crippen LogP contribution in [0.25, 0.3) is 0 Å². The maximum absolute atomic E-state index is 10.8. The van der Waals surface area contributed by atoms with E-state index in [1.807, 2.05) is 13.8 Å². The van der Waals surface area contributed by atoms with Gasteiger partial charge >= 0.3 is 0 Å². The molecule has 2 bridgehead atoms. The van der Waals surface area contributed by atoms with Crippen LogP contribution in [-0.2, 0) is 0 Å². The van der Waals surface area contributed by atoms with Crippen LogP contribution in [0, 0.1) is 22.7 Å². The van der Waals surface area contributed by atoms with E-state index < -0.39 is 11.0 Å². The third-order valence-electron chi connectivity index (χ3n) is 4.67. The van der Waals surface area contributed by atoms with E-state index in [1.165, 1.54) is 0 Å². The zero-order chi connectivity index (χ0) is 11.1. The van der Waals surface area contributed by atoms with E-state index in [2.05, 4.69) is 11.0 Å². The molecular formula is C12H20N2O. The first-order valence-electron chi connectivity index (χ1n) is 5.92. The Morgan fingerprint density at radius 2 is 2.33 bits per heavy atom. The molecule has 2 heterocycles. The monoisotopic (exact) mass is 208 g/mol. The zero-order valence-electron chi connectivity index (χ0n) is 9.66. The van der Waals surface area contributed by atoms with Crippen molar-refractivity contribution >= 4 is 0 Å². The Morgan fingerprint density at radius 1 is 1.60 bits per heavy atom. The second kappa shape index (κ2) is 3.47. The topological polar surface area (TPSA) is 47.3 Å². The summed E-state index contributed by atoms with van der Waals surface area (Å²) in [6.45, 7) is 6.94. The van der Waals surface area contributed by atoms with Crippen LogP contribution < -0.4 is 0 Å². The number of fused-ring (bicyclic) bond motifs is 2. The fourth-order valence-corrected chi connectivity index (χ4v) is 3.17. The van der Waals surface area contributed by atoms with E-state index in [4.69, 9.17) is 0 Å². The van der Waals surface area contributed by atoms with Crippen molar-refractivity contribution in [1.29, 1.82) is 5.26 Å². The average Bonchev–Trinajstić information content (AvgIpc) is 2.68. The summed E-state index contributed by atoms with van der Waals surface area (Å²) in [6.07, 6.45) is 2.54. The van der Waals surface area contributed by atoms with Gasteiger partial charge in [0.15, 0.2) is 0 Å². The van der Waals surface area contributed by atoms with Gasteiger partial charge in [-0.25, -0.2) is 0 Å². The highest BCUT2D eigenvalue weighted by atomic mass is 16.3. The van der Waals surface area contributed by atoms with Crippen molar-refractivity contribution < 1.29 is 5.11 Å². The third kappa shape index (κ3) is 1.39. The SMILES string of the molecule is CCC(C)(C#N)C1(O)CCN2CCC1C2. The Balaban J connectivity index is 2.29. The van der Waals surface area contributed by atoms with E-state index in [0.717, 1.165) is 38.9 Å². The van der Waals surface area contributed by atoms with Gasteiger partial charge in [0.05, 0.1) is 17.1 Å². The summed E-state index contributed by atoms with van der Waals surface area (Å²) in [6, 6.07) is 2.35. The van der Waals surface area contributed by atoms with Gasteiger partial charge in [-0.15, -0.1) is 0 Å². The summed E-state index contributed by atoms with van der Waals surface area (Å²) in [4.78, 5) is 2.40. The zero-order valence-corrected chi connectivity index (χ0v) is 9.66. The summed E-state index contributed by atoms with van der Waals surface area (Å²) < 4.78 is 0. The molecule has 2 rings (SSSR count). The predicted molar refractivity (Wildman–Crippen MR) is 58.1 cm³/mol. The first kappa shape index (κ1) is 10.9. The molecular weight excluding hydrogens is 188 g/mol. The normalized spacial score (nSPS) is 43.3. The van der Waals surface area contributed by atoms with Gasteiger partial charge in [-0.2, -0.15) is 5.26 Å². The van der Waals surface area contributed by atoms with Crippen LogP contribution >= 0.6 is 0 Å². The lowest BCUT2D eigenvalue weighted by atomic mass is 9.63. The number of rotatable bonds is 2. The minimum Gasteiger partial charge on any atom is -0.388 e. The number of aliphatic hydroxyl groups is 1. The van der Waals surface area contributed by atoms with Gasteiger partial charge in [-0.1, -0.05) is 6.92 Å². The number of hydrogen-bond acceptors (Lipinski definition) is 3. The number of hydrogen-bond donors (Lipinski definition) is 1. The summed E-state index contributed by atoms with van der Waals surface area (Å²) in [5, 5.41) is 20.1. The maximum Gasteiger partial charge on any atom is 0.0883 e. The van der Waals surface area contributed by atoms with Crippen molar-refractivity contribution in [1.82, 2.24) is 4.90 Å². The molecule has 15 heavy (non-hydrogen) atoms. The van der Waals surface area contributed by atoms with Crippen molar-refractivity contribution in [2.45, 2.75) is 38.7 Å². The van der Waals surface area contributed by atoms with E-state index in [-0.39, 0.29) is 0 Å². The summed E-state index contributed by atoms with van der Waals surface area (Å²) in [7, 11) is 0. The van der Waals surface area contributed by atoms with Crippen molar-refractivity contribution in [3.63, 3.8) is 0 Å². The first-order valence-corrected chi connectivity index (χ1v) is 5.92. The van der Waals surface area contributed by atoms with Crippen LogP contribution in [0.5, 0.6) is 0 Å². The quantitative estimate of drug-likeness (QED) is 0.746. The standard InChI is InChI=1S/C12H20N2O/c1-3-11(2,9-13)12(15)5-7-14-6-4-10(12)8-14/h10,15H,3-8H2,1-2H3. The molecule has 4 atom stereocenters. The van der Waals surface area contributed by atoms with Gasteiger partial charge in [-0.05, 0) is 32.7 Å². The van der Waals surface area contributed by atoms with Gasteiger partial charge in [-0.3, -0.25) is 0 Å². The second-order valence-corrected chi connectivity index (χ2v) is 5.26. The minimum atomic E-state index is -0.760. The molecule has 2 aliphatic rings. The largest absolute Gasteiger partial charge is 0.388 e. The van der Waals surface area contributed by atoms with Gasteiger partial charge in [0, 0.05) is 19.0 Å². The van der Waals surface area contributed by atoms with Crippen LogP contribution in [0.1, 0.15) is 33.1 Å². The highest BCUT2D eigenvalue weighted by Crippen LogP contribution is 2.47. The molecule has 0 aromatic heterocycles. The molecule has 0 aromatic rings. The molecule has 0 amide bonds. The van der Waals surface area contributed by atoms with Gasteiger partial charge in [0.25, 0.3) is 0 Å². The lowest BCUT2D eigenvalue weighted by molar-refractivity contribution is -0.115. The second-order valence-electron chi connectivity index (χ2n) is 5.26. The van der Waals surface area contributed by atoms with Gasteiger partial charge in [0.2, 0.25) is 0 Å². The van der Waals surface area contributed by atoms with Crippen LogP contribution in [0.3, 0.4) is 0 Å². The average molecular weight is 208 g/mol. The number of nitriles is 1. The lowest BCUT2D eigenvalue weighted by Crippen LogP contribution is -2.56. The van der Waals surface area contributed by atoms with E-state index in [0.29, 0.717) is 5.92 Å². The Bertz CT molecular complexity index is 298. The number of piperidine rings is 1. The fraction of sp³-hybridized carbons (Fsp3) is 0.917. The fourth-order valence-electron chi connectivity index (χ4n) is 3.17. The van der Waals surface area contributed by atoms with Crippen molar-refractivity contribution in [3.8, 4) is 6.07 Å². The summed E-state index contributed by atoms with van der Waals surface area (Å²) in [5.41, 5.74) is -1.34. The van der Waals surface area contributed by atoms with Crippen LogP contribution in [-0.4, -0.2) is 35.2 Å². The number of nitrogens with zero attached hydrogens (tertiary/aromatic N) is 2. The molecule has 2 fully saturated rings. The van der Waals surface area contributed by atoms with Crippen molar-refractivity contribution in [2.75, 3.05) is 19.6 Å². The Hall–Kier alpha value is -0.590. The molecule has 0 radical (unpaired) electrons. The smallest absolute Gasteiger partial charge is 0.0883 e. The van der Waals surface area contributed by atoms with Gasteiger partial charge < -0.3 is 10.0 Å². The van der Waals surface area contributed by atoms with E-state index in [1.54, 1.807) is 0 Å². The summed E-state index contributed by atoms with van der Waals surface area (Å²) >= 11 is 0. The van der Waals surface area contributed by atoms with Crippen molar-refractivity contribution in [2.24, 2.45) is 11.3 Å². The molecule has 2 saturated heterocycles. The van der Waals surface area contributed by atoms with Crippen LogP contribution in [0.15, 0.2) is 0 Å². The van der Waals surface area contributed by atoms with Crippen LogP contribution in [0.4, 0.5) is 0 Å².